The molecular formula is C15H11Cl3O. The van der Waals surface area contributed by atoms with E-state index in [9.17, 15) is 4.79 Å². The summed E-state index contributed by atoms with van der Waals surface area (Å²) in [6.07, 6.45) is 1.06. The molecular weight excluding hydrogens is 303 g/mol. The highest BCUT2D eigenvalue weighted by atomic mass is 35.5. The Bertz CT molecular complexity index is 583. The van der Waals surface area contributed by atoms with E-state index in [-0.39, 0.29) is 0 Å². The fraction of sp³-hybridized carbons (Fsp3) is 0.133. The summed E-state index contributed by atoms with van der Waals surface area (Å²) in [5.41, 5.74) is 1.54. The molecule has 0 aliphatic heterocycles. The summed E-state index contributed by atoms with van der Waals surface area (Å²) >= 11 is 18.4. The van der Waals surface area contributed by atoms with Gasteiger partial charge in [-0.3, -0.25) is 0 Å². The van der Waals surface area contributed by atoms with E-state index in [1.807, 2.05) is 30.3 Å². The van der Waals surface area contributed by atoms with Gasteiger partial charge < -0.3 is 4.79 Å². The van der Waals surface area contributed by atoms with E-state index in [2.05, 4.69) is 0 Å². The van der Waals surface area contributed by atoms with Crippen LogP contribution in [0.1, 0.15) is 11.1 Å². The van der Waals surface area contributed by atoms with E-state index in [4.69, 9.17) is 34.8 Å². The molecule has 0 N–H and O–H groups in total. The molecule has 0 aliphatic carbocycles. The van der Waals surface area contributed by atoms with Crippen molar-refractivity contribution >= 4 is 41.1 Å². The molecule has 19 heavy (non-hydrogen) atoms. The fourth-order valence-electron chi connectivity index (χ4n) is 1.87. The molecule has 98 valence electrons. The van der Waals surface area contributed by atoms with Crippen LogP contribution in [0.4, 0.5) is 0 Å². The number of halogens is 3. The molecule has 1 unspecified atom stereocenters. The van der Waals surface area contributed by atoms with Crippen LogP contribution >= 0.6 is 34.8 Å². The first-order chi connectivity index (χ1) is 9.05. The topological polar surface area (TPSA) is 17.1 Å². The maximum Gasteiger partial charge on any atom is 0.145 e. The van der Waals surface area contributed by atoms with Crippen LogP contribution in [0, 0.1) is 0 Å². The average Bonchev–Trinajstić information content (AvgIpc) is 2.43. The molecule has 1 atom stereocenters. The van der Waals surface area contributed by atoms with Crippen molar-refractivity contribution in [3.05, 3.63) is 69.7 Å². The predicted octanol–water partition coefficient (Wildman–Crippen LogP) is 4.87. The molecule has 0 saturated heterocycles. The normalized spacial score (nSPS) is 13.8. The first-order valence-electron chi connectivity index (χ1n) is 5.70. The predicted molar refractivity (Wildman–Crippen MR) is 80.2 cm³/mol. The van der Waals surface area contributed by atoms with Gasteiger partial charge in [0.25, 0.3) is 0 Å². The van der Waals surface area contributed by atoms with Crippen molar-refractivity contribution in [1.29, 1.82) is 0 Å². The Hall–Kier alpha value is -1.02. The van der Waals surface area contributed by atoms with E-state index in [1.165, 1.54) is 0 Å². The van der Waals surface area contributed by atoms with E-state index >= 15 is 0 Å². The van der Waals surface area contributed by atoms with Gasteiger partial charge in [0.2, 0.25) is 0 Å². The summed E-state index contributed by atoms with van der Waals surface area (Å²) in [7, 11) is 0. The molecule has 0 saturated carbocycles. The SMILES string of the molecule is O=CC(Cl)(Cc1ccc(Cl)cc1Cl)c1ccccc1. The van der Waals surface area contributed by atoms with Crippen molar-refractivity contribution in [2.75, 3.05) is 0 Å². The first kappa shape index (κ1) is 14.4. The minimum atomic E-state index is -1.11. The van der Waals surface area contributed by atoms with Gasteiger partial charge >= 0.3 is 0 Å². The van der Waals surface area contributed by atoms with Crippen LogP contribution in [-0.4, -0.2) is 6.29 Å². The minimum Gasteiger partial charge on any atom is -0.301 e. The molecule has 0 heterocycles. The summed E-state index contributed by atoms with van der Waals surface area (Å²) in [6.45, 7) is 0. The Morgan fingerprint density at radius 3 is 2.32 bits per heavy atom. The molecule has 4 heteroatoms. The highest BCUT2D eigenvalue weighted by Crippen LogP contribution is 2.34. The Balaban J connectivity index is 2.36. The van der Waals surface area contributed by atoms with Gasteiger partial charge in [-0.05, 0) is 23.3 Å². The van der Waals surface area contributed by atoms with Crippen LogP contribution in [0.15, 0.2) is 48.5 Å². The van der Waals surface area contributed by atoms with E-state index < -0.39 is 4.87 Å². The van der Waals surface area contributed by atoms with Gasteiger partial charge in [-0.25, -0.2) is 0 Å². The van der Waals surface area contributed by atoms with Crippen molar-refractivity contribution < 1.29 is 4.79 Å². The highest BCUT2D eigenvalue weighted by molar-refractivity contribution is 6.35. The number of benzene rings is 2. The zero-order chi connectivity index (χ0) is 13.9. The quantitative estimate of drug-likeness (QED) is 0.581. The second-order valence-electron chi connectivity index (χ2n) is 4.26. The maximum absolute atomic E-state index is 11.4. The molecule has 2 aromatic carbocycles. The van der Waals surface area contributed by atoms with Gasteiger partial charge in [-0.1, -0.05) is 59.6 Å². The second-order valence-corrected chi connectivity index (χ2v) is 5.78. The molecule has 0 amide bonds. The summed E-state index contributed by atoms with van der Waals surface area (Å²) < 4.78 is 0. The van der Waals surface area contributed by atoms with Crippen molar-refractivity contribution in [1.82, 2.24) is 0 Å². The van der Waals surface area contributed by atoms with Crippen molar-refractivity contribution in [2.45, 2.75) is 11.3 Å². The number of hydrogen-bond acceptors (Lipinski definition) is 1. The van der Waals surface area contributed by atoms with Crippen LogP contribution < -0.4 is 0 Å². The summed E-state index contributed by atoms with van der Waals surface area (Å²) in [5, 5.41) is 1.06. The standard InChI is InChI=1S/C15H11Cl3O/c16-13-7-6-11(14(17)8-13)9-15(18,10-19)12-4-2-1-3-5-12/h1-8,10H,9H2. The number of hydrogen-bond donors (Lipinski definition) is 0. The monoisotopic (exact) mass is 312 g/mol. The highest BCUT2D eigenvalue weighted by Gasteiger charge is 2.30. The van der Waals surface area contributed by atoms with Gasteiger partial charge in [0.15, 0.2) is 0 Å². The van der Waals surface area contributed by atoms with E-state index in [1.54, 1.807) is 18.2 Å². The zero-order valence-corrected chi connectivity index (χ0v) is 12.2. The van der Waals surface area contributed by atoms with Crippen LogP contribution in [-0.2, 0) is 16.1 Å². The Morgan fingerprint density at radius 2 is 1.74 bits per heavy atom. The van der Waals surface area contributed by atoms with Gasteiger partial charge in [-0.15, -0.1) is 11.6 Å². The zero-order valence-electron chi connectivity index (χ0n) is 9.95. The van der Waals surface area contributed by atoms with Crippen LogP contribution in [0.5, 0.6) is 0 Å². The maximum atomic E-state index is 11.4. The molecule has 0 spiro atoms. The number of alkyl halides is 1. The number of carbonyl (C=O) groups is 1. The Labute approximate surface area is 127 Å². The summed E-state index contributed by atoms with van der Waals surface area (Å²) in [5.74, 6) is 0. The second kappa shape index (κ2) is 5.96. The van der Waals surface area contributed by atoms with Gasteiger partial charge in [0, 0.05) is 16.5 Å². The van der Waals surface area contributed by atoms with Crippen LogP contribution in [0.3, 0.4) is 0 Å². The number of rotatable bonds is 4. The third-order valence-corrected chi connectivity index (χ3v) is 3.93. The molecule has 1 nitrogen and oxygen atoms in total. The van der Waals surface area contributed by atoms with Gasteiger partial charge in [-0.2, -0.15) is 0 Å². The Kier molecular flexibility index (Phi) is 4.51. The van der Waals surface area contributed by atoms with E-state index in [0.717, 1.165) is 17.4 Å². The molecule has 2 aromatic rings. The third kappa shape index (κ3) is 3.30. The lowest BCUT2D eigenvalue weighted by Gasteiger charge is -2.21. The molecule has 2 rings (SSSR count). The molecule has 0 radical (unpaired) electrons. The minimum absolute atomic E-state index is 0.318. The van der Waals surface area contributed by atoms with E-state index in [0.29, 0.717) is 16.5 Å². The summed E-state index contributed by atoms with van der Waals surface area (Å²) in [4.78, 5) is 10.3. The summed E-state index contributed by atoms with van der Waals surface area (Å²) in [6, 6.07) is 14.4. The lowest BCUT2D eigenvalue weighted by molar-refractivity contribution is -0.110. The lowest BCUT2D eigenvalue weighted by Crippen LogP contribution is -2.23. The smallest absolute Gasteiger partial charge is 0.145 e. The molecule has 0 fully saturated rings. The van der Waals surface area contributed by atoms with Crippen molar-refractivity contribution in [2.24, 2.45) is 0 Å². The van der Waals surface area contributed by atoms with Crippen LogP contribution in [0.25, 0.3) is 0 Å². The average molecular weight is 314 g/mol. The molecule has 0 aromatic heterocycles. The fourth-order valence-corrected chi connectivity index (χ4v) is 2.61. The number of aldehydes is 1. The largest absolute Gasteiger partial charge is 0.301 e. The first-order valence-corrected chi connectivity index (χ1v) is 6.83. The third-order valence-electron chi connectivity index (χ3n) is 2.90. The Morgan fingerprint density at radius 1 is 1.05 bits per heavy atom. The van der Waals surface area contributed by atoms with Crippen molar-refractivity contribution in [3.8, 4) is 0 Å². The molecule has 0 aliphatic rings. The lowest BCUT2D eigenvalue weighted by atomic mass is 9.92. The number of carbonyl (C=O) groups excluding carboxylic acids is 1. The van der Waals surface area contributed by atoms with Gasteiger partial charge in [0.1, 0.15) is 11.2 Å². The van der Waals surface area contributed by atoms with Crippen molar-refractivity contribution in [3.63, 3.8) is 0 Å². The van der Waals surface area contributed by atoms with Crippen LogP contribution in [0.2, 0.25) is 10.0 Å². The molecule has 0 bridgehead atoms. The van der Waals surface area contributed by atoms with Gasteiger partial charge in [0.05, 0.1) is 0 Å².